The van der Waals surface area contributed by atoms with Crippen molar-refractivity contribution >= 4 is 11.5 Å². The second-order valence-corrected chi connectivity index (χ2v) is 2.52. The number of rotatable bonds is 0. The minimum Gasteiger partial charge on any atom is -0.383 e. The molecule has 13 heavy (non-hydrogen) atoms. The molecule has 0 aromatic carbocycles. The fourth-order valence-electron chi connectivity index (χ4n) is 1.18. The average Bonchev–Trinajstić information content (AvgIpc) is 2.51. The Bertz CT molecular complexity index is 509. The number of hydrogen-bond acceptors (Lipinski definition) is 3. The number of fused-ring (bicyclic) bond motifs is 1. The number of nitriles is 1. The van der Waals surface area contributed by atoms with E-state index in [4.69, 9.17) is 11.0 Å². The molecule has 2 N–H and O–H groups in total. The van der Waals surface area contributed by atoms with Gasteiger partial charge in [-0.2, -0.15) is 5.26 Å². The lowest BCUT2D eigenvalue weighted by atomic mass is 10.3. The van der Waals surface area contributed by atoms with Gasteiger partial charge in [-0.25, -0.2) is 9.37 Å². The Kier molecular flexibility index (Phi) is 1.43. The molecule has 0 aliphatic rings. The zero-order chi connectivity index (χ0) is 9.42. The molecule has 0 aliphatic carbocycles. The number of aromatic nitrogens is 2. The van der Waals surface area contributed by atoms with E-state index in [9.17, 15) is 4.39 Å². The molecule has 0 atom stereocenters. The van der Waals surface area contributed by atoms with Crippen LogP contribution in [0.2, 0.25) is 0 Å². The predicted molar refractivity (Wildman–Crippen MR) is 44.3 cm³/mol. The maximum absolute atomic E-state index is 13.1. The molecule has 2 aromatic rings. The standard InChI is InChI=1S/C8H5FN4/c9-6-2-1-5(3-10)13-7(11)4-12-8(6)13/h1-2,4H,11H2. The van der Waals surface area contributed by atoms with Crippen LogP contribution in [0.25, 0.3) is 5.65 Å². The quantitative estimate of drug-likeness (QED) is 0.649. The van der Waals surface area contributed by atoms with Gasteiger partial charge in [0.25, 0.3) is 0 Å². The van der Waals surface area contributed by atoms with Crippen LogP contribution in [0.3, 0.4) is 0 Å². The lowest BCUT2D eigenvalue weighted by Crippen LogP contribution is -1.98. The summed E-state index contributed by atoms with van der Waals surface area (Å²) in [4.78, 5) is 3.74. The van der Waals surface area contributed by atoms with Crippen molar-refractivity contribution in [2.24, 2.45) is 0 Å². The Morgan fingerprint density at radius 3 is 3.00 bits per heavy atom. The van der Waals surface area contributed by atoms with E-state index in [-0.39, 0.29) is 17.2 Å². The summed E-state index contributed by atoms with van der Waals surface area (Å²) in [6, 6.07) is 4.46. The monoisotopic (exact) mass is 176 g/mol. The average molecular weight is 176 g/mol. The molecule has 0 saturated heterocycles. The highest BCUT2D eigenvalue weighted by Crippen LogP contribution is 2.14. The van der Waals surface area contributed by atoms with Crippen molar-refractivity contribution in [1.29, 1.82) is 5.26 Å². The molecule has 0 saturated carbocycles. The number of nitrogen functional groups attached to an aromatic ring is 1. The smallest absolute Gasteiger partial charge is 0.175 e. The summed E-state index contributed by atoms with van der Waals surface area (Å²) in [5.41, 5.74) is 5.85. The van der Waals surface area contributed by atoms with Gasteiger partial charge in [0, 0.05) is 0 Å². The Morgan fingerprint density at radius 1 is 1.54 bits per heavy atom. The van der Waals surface area contributed by atoms with Gasteiger partial charge in [-0.05, 0) is 12.1 Å². The normalized spacial score (nSPS) is 10.2. The van der Waals surface area contributed by atoms with E-state index in [0.29, 0.717) is 0 Å². The maximum atomic E-state index is 13.1. The fraction of sp³-hybridized carbons (Fsp3) is 0. The molecular formula is C8H5FN4. The molecule has 64 valence electrons. The zero-order valence-electron chi connectivity index (χ0n) is 6.53. The highest BCUT2D eigenvalue weighted by atomic mass is 19.1. The molecule has 4 nitrogen and oxygen atoms in total. The van der Waals surface area contributed by atoms with E-state index in [0.717, 1.165) is 0 Å². The van der Waals surface area contributed by atoms with Crippen molar-refractivity contribution in [3.63, 3.8) is 0 Å². The third-order valence-electron chi connectivity index (χ3n) is 1.75. The largest absolute Gasteiger partial charge is 0.383 e. The highest BCUT2D eigenvalue weighted by Gasteiger charge is 2.08. The first-order valence-electron chi connectivity index (χ1n) is 3.55. The van der Waals surface area contributed by atoms with E-state index < -0.39 is 5.82 Å². The van der Waals surface area contributed by atoms with Crippen LogP contribution < -0.4 is 5.73 Å². The van der Waals surface area contributed by atoms with Crippen molar-refractivity contribution in [2.75, 3.05) is 5.73 Å². The number of halogens is 1. The molecule has 0 bridgehead atoms. The first kappa shape index (κ1) is 7.55. The first-order chi connectivity index (χ1) is 6.24. The zero-order valence-corrected chi connectivity index (χ0v) is 6.53. The lowest BCUT2D eigenvalue weighted by molar-refractivity contribution is 0.629. The molecule has 2 rings (SSSR count). The van der Waals surface area contributed by atoms with Crippen molar-refractivity contribution in [1.82, 2.24) is 9.38 Å². The summed E-state index contributed by atoms with van der Waals surface area (Å²) < 4.78 is 14.3. The second kappa shape index (κ2) is 2.45. The van der Waals surface area contributed by atoms with E-state index in [1.807, 2.05) is 6.07 Å². The molecule has 0 radical (unpaired) electrons. The van der Waals surface area contributed by atoms with Crippen molar-refractivity contribution in [3.05, 3.63) is 29.8 Å². The summed E-state index contributed by atoms with van der Waals surface area (Å²) in [6.07, 6.45) is 1.32. The van der Waals surface area contributed by atoms with Crippen molar-refractivity contribution in [3.8, 4) is 6.07 Å². The number of imidazole rings is 1. The van der Waals surface area contributed by atoms with Gasteiger partial charge < -0.3 is 5.73 Å². The number of nitrogens with zero attached hydrogens (tertiary/aromatic N) is 3. The van der Waals surface area contributed by atoms with Crippen LogP contribution in [-0.4, -0.2) is 9.38 Å². The van der Waals surface area contributed by atoms with E-state index in [2.05, 4.69) is 4.98 Å². The van der Waals surface area contributed by atoms with Crippen LogP contribution in [0, 0.1) is 17.1 Å². The van der Waals surface area contributed by atoms with Gasteiger partial charge in [-0.15, -0.1) is 0 Å². The van der Waals surface area contributed by atoms with Crippen LogP contribution in [0.1, 0.15) is 5.69 Å². The van der Waals surface area contributed by atoms with Crippen LogP contribution in [0.5, 0.6) is 0 Å². The number of nitrogens with two attached hydrogens (primary N) is 1. The molecular weight excluding hydrogens is 171 g/mol. The summed E-state index contributed by atoms with van der Waals surface area (Å²) in [5.74, 6) is -0.234. The molecule has 0 fully saturated rings. The molecule has 5 heteroatoms. The van der Waals surface area contributed by atoms with E-state index in [1.54, 1.807) is 0 Å². The number of hydrogen-bond donors (Lipinski definition) is 1. The maximum Gasteiger partial charge on any atom is 0.175 e. The van der Waals surface area contributed by atoms with Crippen LogP contribution in [0.15, 0.2) is 18.3 Å². The van der Waals surface area contributed by atoms with Gasteiger partial charge in [0.2, 0.25) is 0 Å². The minimum atomic E-state index is -0.490. The number of anilines is 1. The fourth-order valence-corrected chi connectivity index (χ4v) is 1.18. The molecule has 0 aliphatic heterocycles. The van der Waals surface area contributed by atoms with Gasteiger partial charge in [-0.1, -0.05) is 0 Å². The summed E-state index contributed by atoms with van der Waals surface area (Å²) in [5, 5.41) is 8.69. The van der Waals surface area contributed by atoms with Gasteiger partial charge in [-0.3, -0.25) is 4.40 Å². The molecule has 0 unspecified atom stereocenters. The Hall–Kier alpha value is -2.09. The Morgan fingerprint density at radius 2 is 2.31 bits per heavy atom. The van der Waals surface area contributed by atoms with Crippen LogP contribution in [0.4, 0.5) is 10.2 Å². The minimum absolute atomic E-state index is 0.0801. The van der Waals surface area contributed by atoms with Crippen LogP contribution >= 0.6 is 0 Å². The first-order valence-corrected chi connectivity index (χ1v) is 3.55. The molecule has 2 heterocycles. The van der Waals surface area contributed by atoms with Gasteiger partial charge in [0.05, 0.1) is 6.20 Å². The second-order valence-electron chi connectivity index (χ2n) is 2.52. The Balaban J connectivity index is 2.99. The number of pyridine rings is 1. The highest BCUT2D eigenvalue weighted by molar-refractivity contribution is 5.52. The molecule has 0 spiro atoms. The predicted octanol–water partition coefficient (Wildman–Crippen LogP) is 0.927. The van der Waals surface area contributed by atoms with Gasteiger partial charge >= 0.3 is 0 Å². The summed E-state index contributed by atoms with van der Waals surface area (Å²) in [7, 11) is 0. The van der Waals surface area contributed by atoms with Gasteiger partial charge in [0.1, 0.15) is 17.6 Å². The molecule has 0 amide bonds. The third kappa shape index (κ3) is 0.924. The lowest BCUT2D eigenvalue weighted by Gasteiger charge is -1.98. The SMILES string of the molecule is N#Cc1ccc(F)c2ncc(N)n12. The van der Waals surface area contributed by atoms with E-state index >= 15 is 0 Å². The summed E-state index contributed by atoms with van der Waals surface area (Å²) >= 11 is 0. The Labute approximate surface area is 73.0 Å². The van der Waals surface area contributed by atoms with Crippen LogP contribution in [-0.2, 0) is 0 Å². The summed E-state index contributed by atoms with van der Waals surface area (Å²) in [6.45, 7) is 0. The van der Waals surface area contributed by atoms with E-state index in [1.165, 1.54) is 22.7 Å². The molecule has 2 aromatic heterocycles. The van der Waals surface area contributed by atoms with Crippen molar-refractivity contribution in [2.45, 2.75) is 0 Å². The topological polar surface area (TPSA) is 67.1 Å². The van der Waals surface area contributed by atoms with Crippen molar-refractivity contribution < 1.29 is 4.39 Å². The third-order valence-corrected chi connectivity index (χ3v) is 1.75. The van der Waals surface area contributed by atoms with Gasteiger partial charge in [0.15, 0.2) is 11.5 Å².